The van der Waals surface area contributed by atoms with Crippen LogP contribution < -0.4 is 10.6 Å². The summed E-state index contributed by atoms with van der Waals surface area (Å²) in [6.45, 7) is 7.10. The quantitative estimate of drug-likeness (QED) is 0.679. The highest BCUT2D eigenvalue weighted by Crippen LogP contribution is 2.30. The smallest absolute Gasteiger partial charge is 0.191 e. The van der Waals surface area contributed by atoms with Crippen LogP contribution in [0.4, 0.5) is 5.13 Å². The first-order valence-electron chi connectivity index (χ1n) is 8.91. The summed E-state index contributed by atoms with van der Waals surface area (Å²) in [4.78, 5) is 13.6. The maximum atomic E-state index is 6.20. The topological polar surface area (TPSA) is 57.8 Å². The van der Waals surface area contributed by atoms with Crippen LogP contribution in [-0.4, -0.2) is 48.6 Å². The van der Waals surface area contributed by atoms with E-state index >= 15 is 0 Å². The van der Waals surface area contributed by atoms with Crippen molar-refractivity contribution in [2.75, 3.05) is 37.6 Å². The standard InChI is InChI=1S/C17H29N5S/c1-14-3-2-4-15(13-14)5-6-19-16(18)21-8-10-22(11-9-21)17-20-7-12-23-17/h7,12,14-15H,2-6,8-11,13H2,1H3,(H2,18,19). The fourth-order valence-electron chi connectivity index (χ4n) is 3.78. The van der Waals surface area contributed by atoms with E-state index in [9.17, 15) is 0 Å². The van der Waals surface area contributed by atoms with E-state index < -0.39 is 0 Å². The van der Waals surface area contributed by atoms with E-state index in [4.69, 9.17) is 5.73 Å². The van der Waals surface area contributed by atoms with Gasteiger partial charge in [-0.25, -0.2) is 4.98 Å². The fraction of sp³-hybridized carbons (Fsp3) is 0.765. The van der Waals surface area contributed by atoms with Crippen LogP contribution in [0.2, 0.25) is 0 Å². The molecule has 2 heterocycles. The molecule has 23 heavy (non-hydrogen) atoms. The molecule has 1 aliphatic carbocycles. The molecule has 3 rings (SSSR count). The molecule has 2 aliphatic rings. The van der Waals surface area contributed by atoms with E-state index in [1.54, 1.807) is 11.3 Å². The van der Waals surface area contributed by atoms with Crippen molar-refractivity contribution in [3.05, 3.63) is 11.6 Å². The molecule has 2 atom stereocenters. The van der Waals surface area contributed by atoms with Crippen molar-refractivity contribution in [1.29, 1.82) is 0 Å². The number of anilines is 1. The Morgan fingerprint density at radius 1 is 1.35 bits per heavy atom. The third-order valence-electron chi connectivity index (χ3n) is 5.15. The number of thiazole rings is 1. The lowest BCUT2D eigenvalue weighted by Crippen LogP contribution is -2.51. The Kier molecular flexibility index (Phi) is 5.75. The highest BCUT2D eigenvalue weighted by molar-refractivity contribution is 7.13. The predicted molar refractivity (Wildman–Crippen MR) is 98.1 cm³/mol. The van der Waals surface area contributed by atoms with Gasteiger partial charge < -0.3 is 15.5 Å². The summed E-state index contributed by atoms with van der Waals surface area (Å²) < 4.78 is 0. The first-order valence-corrected chi connectivity index (χ1v) is 9.79. The second-order valence-electron chi connectivity index (χ2n) is 6.96. The Hall–Kier alpha value is -1.30. The molecule has 1 saturated heterocycles. The minimum absolute atomic E-state index is 0.729. The molecule has 128 valence electrons. The van der Waals surface area contributed by atoms with E-state index in [0.29, 0.717) is 0 Å². The molecule has 2 fully saturated rings. The van der Waals surface area contributed by atoms with Crippen LogP contribution in [0, 0.1) is 11.8 Å². The van der Waals surface area contributed by atoms with Crippen molar-refractivity contribution < 1.29 is 0 Å². The van der Waals surface area contributed by atoms with E-state index in [2.05, 4.69) is 26.7 Å². The zero-order valence-corrected chi connectivity index (χ0v) is 15.0. The van der Waals surface area contributed by atoms with Crippen LogP contribution in [0.25, 0.3) is 0 Å². The van der Waals surface area contributed by atoms with Crippen molar-refractivity contribution in [3.8, 4) is 0 Å². The second kappa shape index (κ2) is 7.99. The van der Waals surface area contributed by atoms with Crippen LogP contribution in [0.3, 0.4) is 0 Å². The zero-order valence-electron chi connectivity index (χ0n) is 14.2. The molecule has 2 N–H and O–H groups in total. The summed E-state index contributed by atoms with van der Waals surface area (Å²) in [6.07, 6.45) is 8.63. The van der Waals surface area contributed by atoms with Crippen LogP contribution in [-0.2, 0) is 0 Å². The minimum atomic E-state index is 0.729. The third-order valence-corrected chi connectivity index (χ3v) is 5.98. The summed E-state index contributed by atoms with van der Waals surface area (Å²) >= 11 is 1.70. The second-order valence-corrected chi connectivity index (χ2v) is 7.83. The van der Waals surface area contributed by atoms with Gasteiger partial charge in [-0.2, -0.15) is 0 Å². The van der Waals surface area contributed by atoms with E-state index in [1.165, 1.54) is 32.1 Å². The Bertz CT molecular complexity index is 493. The number of nitrogens with two attached hydrogens (primary N) is 1. The number of nitrogens with zero attached hydrogens (tertiary/aromatic N) is 4. The van der Waals surface area contributed by atoms with Gasteiger partial charge in [0.1, 0.15) is 0 Å². The lowest BCUT2D eigenvalue weighted by Gasteiger charge is -2.35. The first kappa shape index (κ1) is 16.6. The van der Waals surface area contributed by atoms with Gasteiger partial charge in [-0.3, -0.25) is 4.99 Å². The molecular weight excluding hydrogens is 306 g/mol. The molecular formula is C17H29N5S. The minimum Gasteiger partial charge on any atom is -0.370 e. The van der Waals surface area contributed by atoms with Gasteiger partial charge in [-0.15, -0.1) is 11.3 Å². The predicted octanol–water partition coefficient (Wildman–Crippen LogP) is 2.80. The van der Waals surface area contributed by atoms with Crippen molar-refractivity contribution >= 4 is 22.4 Å². The SMILES string of the molecule is CC1CCCC(CCN=C(N)N2CCN(c3nccs3)CC2)C1. The van der Waals surface area contributed by atoms with Gasteiger partial charge in [0.2, 0.25) is 0 Å². The van der Waals surface area contributed by atoms with Gasteiger partial charge in [0.15, 0.2) is 11.1 Å². The fourth-order valence-corrected chi connectivity index (χ4v) is 4.48. The number of piperazine rings is 1. The average Bonchev–Trinajstić information content (AvgIpc) is 3.09. The van der Waals surface area contributed by atoms with E-state index in [-0.39, 0.29) is 0 Å². The Morgan fingerprint density at radius 2 is 2.17 bits per heavy atom. The van der Waals surface area contributed by atoms with Gasteiger partial charge in [-0.1, -0.05) is 26.2 Å². The highest BCUT2D eigenvalue weighted by atomic mass is 32.1. The van der Waals surface area contributed by atoms with Gasteiger partial charge in [0.05, 0.1) is 0 Å². The summed E-state index contributed by atoms with van der Waals surface area (Å²) in [5.41, 5.74) is 6.20. The number of hydrogen-bond donors (Lipinski definition) is 1. The average molecular weight is 336 g/mol. The third kappa shape index (κ3) is 4.59. The lowest BCUT2D eigenvalue weighted by molar-refractivity contribution is 0.272. The van der Waals surface area contributed by atoms with E-state index in [0.717, 1.165) is 55.7 Å². The molecule has 1 aromatic heterocycles. The molecule has 1 aromatic rings. The molecule has 1 aliphatic heterocycles. The molecule has 1 saturated carbocycles. The molecule has 0 amide bonds. The molecule has 0 radical (unpaired) electrons. The maximum absolute atomic E-state index is 6.20. The molecule has 5 nitrogen and oxygen atoms in total. The number of aliphatic imine (C=N–C) groups is 1. The summed E-state index contributed by atoms with van der Waals surface area (Å²) in [5, 5.41) is 3.15. The van der Waals surface area contributed by atoms with E-state index in [1.807, 2.05) is 11.6 Å². The number of hydrogen-bond acceptors (Lipinski definition) is 4. The normalized spacial score (nSPS) is 26.6. The summed E-state index contributed by atoms with van der Waals surface area (Å²) in [6, 6.07) is 0. The Balaban J connectivity index is 1.41. The van der Waals surface area contributed by atoms with Gasteiger partial charge in [0, 0.05) is 44.3 Å². The zero-order chi connectivity index (χ0) is 16.1. The Morgan fingerprint density at radius 3 is 2.87 bits per heavy atom. The van der Waals surface area contributed by atoms with Gasteiger partial charge in [-0.05, 0) is 24.7 Å². The van der Waals surface area contributed by atoms with Crippen LogP contribution >= 0.6 is 11.3 Å². The van der Waals surface area contributed by atoms with Crippen molar-refractivity contribution in [1.82, 2.24) is 9.88 Å². The number of aromatic nitrogens is 1. The number of guanidine groups is 1. The van der Waals surface area contributed by atoms with Crippen molar-refractivity contribution in [3.63, 3.8) is 0 Å². The first-order chi connectivity index (χ1) is 11.2. The molecule has 0 bridgehead atoms. The maximum Gasteiger partial charge on any atom is 0.191 e. The van der Waals surface area contributed by atoms with Crippen molar-refractivity contribution in [2.24, 2.45) is 22.6 Å². The monoisotopic (exact) mass is 335 g/mol. The van der Waals surface area contributed by atoms with Crippen LogP contribution in [0.1, 0.15) is 39.0 Å². The van der Waals surface area contributed by atoms with Crippen molar-refractivity contribution in [2.45, 2.75) is 39.0 Å². The molecule has 0 spiro atoms. The number of rotatable bonds is 4. The molecule has 2 unspecified atom stereocenters. The largest absolute Gasteiger partial charge is 0.370 e. The van der Waals surface area contributed by atoms with Crippen LogP contribution in [0.15, 0.2) is 16.6 Å². The van der Waals surface area contributed by atoms with Crippen LogP contribution in [0.5, 0.6) is 0 Å². The molecule has 0 aromatic carbocycles. The summed E-state index contributed by atoms with van der Waals surface area (Å²) in [5.74, 6) is 2.48. The summed E-state index contributed by atoms with van der Waals surface area (Å²) in [7, 11) is 0. The van der Waals surface area contributed by atoms with Gasteiger partial charge >= 0.3 is 0 Å². The molecule has 6 heteroatoms. The highest BCUT2D eigenvalue weighted by Gasteiger charge is 2.21. The van der Waals surface area contributed by atoms with Gasteiger partial charge in [0.25, 0.3) is 0 Å². The lowest BCUT2D eigenvalue weighted by atomic mass is 9.81. The Labute approximate surface area is 143 Å².